The number of thioether (sulfide) groups is 1. The second-order valence-electron chi connectivity index (χ2n) is 6.12. The Hall–Kier alpha value is -0.220. The molecule has 0 bridgehead atoms. The number of nitrogens with one attached hydrogen (secondary N) is 2. The third-order valence-electron chi connectivity index (χ3n) is 4.31. The van der Waals surface area contributed by atoms with Gasteiger partial charge in [-0.1, -0.05) is 0 Å². The van der Waals surface area contributed by atoms with Crippen LogP contribution in [-0.4, -0.2) is 55.2 Å². The van der Waals surface area contributed by atoms with Crippen LogP contribution in [0.4, 0.5) is 5.13 Å². The molecule has 1 unspecified atom stereocenters. The van der Waals surface area contributed by atoms with E-state index in [2.05, 4.69) is 25.9 Å². The number of guanidine groups is 1. The molecule has 2 N–H and O–H groups in total. The molecule has 0 aromatic carbocycles. The fraction of sp³-hybridized carbons (Fsp3) is 0.750. The van der Waals surface area contributed by atoms with Gasteiger partial charge < -0.3 is 15.5 Å². The van der Waals surface area contributed by atoms with Crippen molar-refractivity contribution in [3.05, 3.63) is 11.1 Å². The molecule has 136 valence electrons. The van der Waals surface area contributed by atoms with Gasteiger partial charge in [0.25, 0.3) is 0 Å². The highest BCUT2D eigenvalue weighted by Gasteiger charge is 2.16. The number of halogens is 1. The Morgan fingerprint density at radius 2 is 2.21 bits per heavy atom. The summed E-state index contributed by atoms with van der Waals surface area (Å²) >= 11 is 3.81. The third-order valence-corrected chi connectivity index (χ3v) is 6.48. The molecule has 0 spiro atoms. The van der Waals surface area contributed by atoms with E-state index in [0.29, 0.717) is 6.04 Å². The summed E-state index contributed by atoms with van der Waals surface area (Å²) in [7, 11) is 1.85. The number of anilines is 1. The largest absolute Gasteiger partial charge is 0.356 e. The normalized spacial score (nSPS) is 21.5. The number of rotatable bonds is 5. The van der Waals surface area contributed by atoms with Crippen molar-refractivity contribution in [3.63, 3.8) is 0 Å². The van der Waals surface area contributed by atoms with Gasteiger partial charge >= 0.3 is 0 Å². The Bertz CT molecular complexity index is 510. The van der Waals surface area contributed by atoms with Crippen LogP contribution in [0, 0.1) is 0 Å². The number of hydrogen-bond acceptors (Lipinski definition) is 5. The van der Waals surface area contributed by atoms with Crippen molar-refractivity contribution >= 4 is 58.2 Å². The van der Waals surface area contributed by atoms with Gasteiger partial charge in [0, 0.05) is 50.3 Å². The Balaban J connectivity index is 0.00000208. The predicted molar refractivity (Wildman–Crippen MR) is 118 cm³/mol. The van der Waals surface area contributed by atoms with E-state index in [1.165, 1.54) is 61.1 Å². The van der Waals surface area contributed by atoms with Crippen LogP contribution in [-0.2, 0) is 6.42 Å². The van der Waals surface area contributed by atoms with Crippen molar-refractivity contribution in [3.8, 4) is 0 Å². The molecule has 2 aliphatic heterocycles. The number of thiazole rings is 1. The number of hydrogen-bond donors (Lipinski definition) is 2. The molecule has 8 heteroatoms. The third kappa shape index (κ3) is 5.94. The number of aliphatic imine (C=N–C) groups is 1. The number of nitrogens with zero attached hydrogens (tertiary/aromatic N) is 3. The highest BCUT2D eigenvalue weighted by Crippen LogP contribution is 2.24. The van der Waals surface area contributed by atoms with Crippen LogP contribution in [0.5, 0.6) is 0 Å². The molecule has 0 saturated carbocycles. The molecular formula is C16H28IN5S2. The van der Waals surface area contributed by atoms with Gasteiger partial charge in [0.1, 0.15) is 0 Å². The minimum atomic E-state index is 0. The van der Waals surface area contributed by atoms with Crippen LogP contribution >= 0.6 is 47.1 Å². The molecule has 3 rings (SSSR count). The molecule has 2 fully saturated rings. The van der Waals surface area contributed by atoms with Crippen LogP contribution in [0.1, 0.15) is 31.4 Å². The fourth-order valence-corrected chi connectivity index (χ4v) is 5.00. The summed E-state index contributed by atoms with van der Waals surface area (Å²) in [6.45, 7) is 3.21. The van der Waals surface area contributed by atoms with Crippen LogP contribution in [0.15, 0.2) is 10.4 Å². The van der Waals surface area contributed by atoms with E-state index in [1.807, 2.05) is 18.8 Å². The van der Waals surface area contributed by atoms with Crippen molar-refractivity contribution in [2.45, 2.75) is 38.1 Å². The summed E-state index contributed by atoms with van der Waals surface area (Å²) in [6, 6.07) is 0.556. The van der Waals surface area contributed by atoms with Crippen molar-refractivity contribution < 1.29 is 0 Å². The minimum Gasteiger partial charge on any atom is -0.356 e. The first kappa shape index (κ1) is 20.1. The Kier molecular flexibility index (Phi) is 8.96. The van der Waals surface area contributed by atoms with E-state index in [4.69, 9.17) is 4.98 Å². The van der Waals surface area contributed by atoms with Gasteiger partial charge in [-0.3, -0.25) is 4.99 Å². The zero-order valence-electron chi connectivity index (χ0n) is 14.3. The van der Waals surface area contributed by atoms with Crippen LogP contribution in [0.3, 0.4) is 0 Å². The lowest BCUT2D eigenvalue weighted by Crippen LogP contribution is -2.46. The van der Waals surface area contributed by atoms with Crippen molar-refractivity contribution in [1.29, 1.82) is 0 Å². The van der Waals surface area contributed by atoms with Gasteiger partial charge in [0.05, 0.1) is 5.69 Å². The highest BCUT2D eigenvalue weighted by atomic mass is 127. The molecule has 1 atom stereocenters. The van der Waals surface area contributed by atoms with Gasteiger partial charge in [0.15, 0.2) is 11.1 Å². The summed E-state index contributed by atoms with van der Waals surface area (Å²) in [5.74, 6) is 3.41. The Morgan fingerprint density at radius 1 is 1.38 bits per heavy atom. The van der Waals surface area contributed by atoms with Gasteiger partial charge in [-0.15, -0.1) is 35.3 Å². The van der Waals surface area contributed by atoms with Gasteiger partial charge in [0.2, 0.25) is 0 Å². The summed E-state index contributed by atoms with van der Waals surface area (Å²) < 4.78 is 0. The molecular weight excluding hydrogens is 453 g/mol. The lowest BCUT2D eigenvalue weighted by molar-refractivity contribution is 0.582. The van der Waals surface area contributed by atoms with Crippen molar-refractivity contribution in [1.82, 2.24) is 15.6 Å². The molecule has 0 radical (unpaired) electrons. The summed E-state index contributed by atoms with van der Waals surface area (Å²) in [5, 5.41) is 10.3. The average Bonchev–Trinajstić information content (AvgIpc) is 3.26. The van der Waals surface area contributed by atoms with Crippen molar-refractivity contribution in [2.24, 2.45) is 4.99 Å². The summed E-state index contributed by atoms with van der Waals surface area (Å²) in [6.07, 6.45) is 6.11. The van der Waals surface area contributed by atoms with Gasteiger partial charge in [-0.2, -0.15) is 11.8 Å². The van der Waals surface area contributed by atoms with E-state index in [1.54, 1.807) is 11.3 Å². The topological polar surface area (TPSA) is 52.6 Å². The van der Waals surface area contributed by atoms with Crippen LogP contribution in [0.25, 0.3) is 0 Å². The zero-order valence-corrected chi connectivity index (χ0v) is 18.3. The van der Waals surface area contributed by atoms with E-state index in [-0.39, 0.29) is 24.0 Å². The SMILES string of the molecule is CN=C(NCCc1csc(N2CCCC2)n1)NC1CCCSC1.I. The Labute approximate surface area is 170 Å². The summed E-state index contributed by atoms with van der Waals surface area (Å²) in [5.41, 5.74) is 1.19. The van der Waals surface area contributed by atoms with Crippen LogP contribution < -0.4 is 15.5 Å². The fourth-order valence-electron chi connectivity index (χ4n) is 3.02. The maximum absolute atomic E-state index is 4.77. The molecule has 0 amide bonds. The highest BCUT2D eigenvalue weighted by molar-refractivity contribution is 14.0. The maximum atomic E-state index is 4.77. The standard InChI is InChI=1S/C16H27N5S2.HI/c1-17-15(19-13-5-4-10-22-11-13)18-7-6-14-12-23-16(20-14)21-8-2-3-9-21;/h12-13H,2-11H2,1H3,(H2,17,18,19);1H. The second-order valence-corrected chi connectivity index (χ2v) is 8.11. The second kappa shape index (κ2) is 10.7. The van der Waals surface area contributed by atoms with Crippen molar-refractivity contribution in [2.75, 3.05) is 43.1 Å². The number of aromatic nitrogens is 1. The maximum Gasteiger partial charge on any atom is 0.191 e. The first-order valence-electron chi connectivity index (χ1n) is 8.59. The first-order valence-corrected chi connectivity index (χ1v) is 10.6. The lowest BCUT2D eigenvalue weighted by atomic mass is 10.2. The summed E-state index contributed by atoms with van der Waals surface area (Å²) in [4.78, 5) is 11.5. The molecule has 24 heavy (non-hydrogen) atoms. The molecule has 3 heterocycles. The molecule has 1 aromatic heterocycles. The van der Waals surface area contributed by atoms with Crippen LogP contribution in [0.2, 0.25) is 0 Å². The molecule has 0 aliphatic carbocycles. The van der Waals surface area contributed by atoms with Gasteiger partial charge in [-0.05, 0) is 31.4 Å². The first-order chi connectivity index (χ1) is 11.3. The molecule has 2 aliphatic rings. The van der Waals surface area contributed by atoms with E-state index < -0.39 is 0 Å². The molecule has 5 nitrogen and oxygen atoms in total. The minimum absolute atomic E-state index is 0. The monoisotopic (exact) mass is 481 g/mol. The van der Waals surface area contributed by atoms with E-state index in [0.717, 1.165) is 18.9 Å². The zero-order chi connectivity index (χ0) is 15.9. The predicted octanol–water partition coefficient (Wildman–Crippen LogP) is 2.96. The van der Waals surface area contributed by atoms with Gasteiger partial charge in [-0.25, -0.2) is 4.98 Å². The Morgan fingerprint density at radius 3 is 2.92 bits per heavy atom. The quantitative estimate of drug-likeness (QED) is 0.385. The smallest absolute Gasteiger partial charge is 0.191 e. The average molecular weight is 481 g/mol. The molecule has 2 saturated heterocycles. The lowest BCUT2D eigenvalue weighted by Gasteiger charge is -2.24. The molecule has 1 aromatic rings. The van der Waals surface area contributed by atoms with E-state index >= 15 is 0 Å². The van der Waals surface area contributed by atoms with E-state index in [9.17, 15) is 0 Å².